The van der Waals surface area contributed by atoms with Crippen LogP contribution in [0, 0.1) is 0 Å². The van der Waals surface area contributed by atoms with E-state index in [1.807, 2.05) is 0 Å². The molecule has 0 amide bonds. The second-order valence-electron chi connectivity index (χ2n) is 4.02. The van der Waals surface area contributed by atoms with Crippen LogP contribution in [0.4, 0.5) is 11.4 Å². The Balaban J connectivity index is 2.32. The molecule has 2 rings (SSSR count). The minimum Gasteiger partial charge on any atom is -0.497 e. The van der Waals surface area contributed by atoms with Crippen molar-refractivity contribution >= 4 is 37.3 Å². The molecule has 2 aromatic carbocycles. The number of ether oxygens (including phenoxy) is 1. The van der Waals surface area contributed by atoms with Gasteiger partial charge in [0.2, 0.25) is 0 Å². The van der Waals surface area contributed by atoms with Gasteiger partial charge in [-0.2, -0.15) is 0 Å². The highest BCUT2D eigenvalue weighted by Gasteiger charge is 2.15. The normalized spacial score (nSPS) is 11.1. The van der Waals surface area contributed by atoms with Crippen LogP contribution in [0.25, 0.3) is 0 Å². The van der Waals surface area contributed by atoms with Gasteiger partial charge in [0.25, 0.3) is 10.0 Å². The zero-order valence-electron chi connectivity index (χ0n) is 10.6. The van der Waals surface area contributed by atoms with E-state index < -0.39 is 10.0 Å². The van der Waals surface area contributed by atoms with Crippen LogP contribution in [0.2, 0.25) is 0 Å². The summed E-state index contributed by atoms with van der Waals surface area (Å²) >= 11 is 3.23. The molecule has 0 aliphatic carbocycles. The molecule has 7 heteroatoms. The number of halogens is 1. The first-order valence-electron chi connectivity index (χ1n) is 5.64. The fraction of sp³-hybridized carbons (Fsp3) is 0.0769. The first kappa shape index (κ1) is 14.7. The van der Waals surface area contributed by atoms with Crippen molar-refractivity contribution in [2.75, 3.05) is 17.6 Å². The van der Waals surface area contributed by atoms with Crippen LogP contribution >= 0.6 is 15.9 Å². The summed E-state index contributed by atoms with van der Waals surface area (Å²) in [6.45, 7) is 0. The number of hydrogen-bond donors (Lipinski definition) is 2. The van der Waals surface area contributed by atoms with Crippen molar-refractivity contribution in [3.05, 3.63) is 46.9 Å². The molecule has 0 atom stereocenters. The van der Waals surface area contributed by atoms with Crippen molar-refractivity contribution in [3.63, 3.8) is 0 Å². The molecular weight excluding hydrogens is 344 g/mol. The summed E-state index contributed by atoms with van der Waals surface area (Å²) in [5, 5.41) is 0. The van der Waals surface area contributed by atoms with Gasteiger partial charge in [-0.3, -0.25) is 4.72 Å². The van der Waals surface area contributed by atoms with Gasteiger partial charge >= 0.3 is 0 Å². The molecule has 20 heavy (non-hydrogen) atoms. The molecule has 2 aromatic rings. The lowest BCUT2D eigenvalue weighted by atomic mass is 10.3. The lowest BCUT2D eigenvalue weighted by Gasteiger charge is -2.10. The molecule has 0 saturated carbocycles. The van der Waals surface area contributed by atoms with Gasteiger partial charge in [0.1, 0.15) is 5.75 Å². The Labute approximate surface area is 125 Å². The van der Waals surface area contributed by atoms with Gasteiger partial charge in [-0.15, -0.1) is 0 Å². The maximum Gasteiger partial charge on any atom is 0.261 e. The average Bonchev–Trinajstić information content (AvgIpc) is 2.41. The van der Waals surface area contributed by atoms with Gasteiger partial charge in [-0.1, -0.05) is 6.07 Å². The van der Waals surface area contributed by atoms with Gasteiger partial charge in [0.15, 0.2) is 0 Å². The number of methoxy groups -OCH3 is 1. The quantitative estimate of drug-likeness (QED) is 0.825. The Morgan fingerprint density at radius 1 is 1.20 bits per heavy atom. The van der Waals surface area contributed by atoms with E-state index in [0.717, 1.165) is 0 Å². The average molecular weight is 357 g/mol. The van der Waals surface area contributed by atoms with Crippen LogP contribution in [0.15, 0.2) is 51.8 Å². The number of nitrogens with one attached hydrogen (secondary N) is 1. The van der Waals surface area contributed by atoms with Crippen LogP contribution in [0.5, 0.6) is 5.75 Å². The lowest BCUT2D eigenvalue weighted by molar-refractivity contribution is 0.415. The maximum absolute atomic E-state index is 12.2. The highest BCUT2D eigenvalue weighted by Crippen LogP contribution is 2.25. The number of rotatable bonds is 4. The van der Waals surface area contributed by atoms with Crippen LogP contribution in [0.1, 0.15) is 0 Å². The fourth-order valence-corrected chi connectivity index (χ4v) is 2.92. The van der Waals surface area contributed by atoms with Crippen molar-refractivity contribution in [2.45, 2.75) is 4.90 Å². The molecule has 0 radical (unpaired) electrons. The van der Waals surface area contributed by atoms with Crippen LogP contribution in [-0.2, 0) is 10.0 Å². The largest absolute Gasteiger partial charge is 0.497 e. The monoisotopic (exact) mass is 356 g/mol. The zero-order chi connectivity index (χ0) is 14.8. The third-order valence-electron chi connectivity index (χ3n) is 2.60. The molecule has 0 aromatic heterocycles. The molecule has 0 heterocycles. The third kappa shape index (κ3) is 3.23. The molecule has 0 spiro atoms. The third-order valence-corrected chi connectivity index (χ3v) is 4.70. The minimum absolute atomic E-state index is 0.0982. The Hall–Kier alpha value is -1.73. The molecule has 106 valence electrons. The van der Waals surface area contributed by atoms with Gasteiger partial charge < -0.3 is 10.5 Å². The Kier molecular flexibility index (Phi) is 4.20. The number of sulfonamides is 1. The Bertz CT molecular complexity index is 732. The summed E-state index contributed by atoms with van der Waals surface area (Å²) in [5.74, 6) is 0.570. The predicted molar refractivity (Wildman–Crippen MR) is 82.4 cm³/mol. The van der Waals surface area contributed by atoms with E-state index in [1.165, 1.54) is 19.2 Å². The standard InChI is InChI=1S/C13H13BrN2O3S/c1-19-10-4-2-3-9(7-10)16-20(17,18)11-5-6-12(14)13(15)8-11/h2-8,16H,15H2,1H3. The predicted octanol–water partition coefficient (Wildman–Crippen LogP) is 2.84. The van der Waals surface area contributed by atoms with E-state index in [4.69, 9.17) is 10.5 Å². The topological polar surface area (TPSA) is 81.4 Å². The summed E-state index contributed by atoms with van der Waals surface area (Å²) in [7, 11) is -2.17. The van der Waals surface area contributed by atoms with Gasteiger partial charge in [0, 0.05) is 16.2 Å². The van der Waals surface area contributed by atoms with Crippen LogP contribution in [-0.4, -0.2) is 15.5 Å². The summed E-state index contributed by atoms with van der Waals surface area (Å²) < 4.78 is 32.7. The summed E-state index contributed by atoms with van der Waals surface area (Å²) in [5.41, 5.74) is 6.48. The molecule has 0 aliphatic heterocycles. The van der Waals surface area contributed by atoms with Crippen molar-refractivity contribution < 1.29 is 13.2 Å². The Morgan fingerprint density at radius 2 is 1.95 bits per heavy atom. The number of nitrogen functional groups attached to an aromatic ring is 1. The lowest BCUT2D eigenvalue weighted by Crippen LogP contribution is -2.13. The molecular formula is C13H13BrN2O3S. The van der Waals surface area contributed by atoms with E-state index in [2.05, 4.69) is 20.7 Å². The Morgan fingerprint density at radius 3 is 2.60 bits per heavy atom. The molecule has 0 saturated heterocycles. The zero-order valence-corrected chi connectivity index (χ0v) is 13.0. The number of anilines is 2. The summed E-state index contributed by atoms with van der Waals surface area (Å²) in [6, 6.07) is 11.1. The number of nitrogens with two attached hydrogens (primary N) is 1. The molecule has 3 N–H and O–H groups in total. The number of hydrogen-bond acceptors (Lipinski definition) is 4. The molecule has 0 unspecified atom stereocenters. The van der Waals surface area contributed by atoms with E-state index in [9.17, 15) is 8.42 Å². The van der Waals surface area contributed by atoms with Crippen molar-refractivity contribution in [1.82, 2.24) is 0 Å². The molecule has 0 bridgehead atoms. The molecule has 0 fully saturated rings. The first-order valence-corrected chi connectivity index (χ1v) is 7.92. The highest BCUT2D eigenvalue weighted by atomic mass is 79.9. The molecule has 5 nitrogen and oxygen atoms in total. The SMILES string of the molecule is COc1cccc(NS(=O)(=O)c2ccc(Br)c(N)c2)c1. The van der Waals surface area contributed by atoms with Crippen LogP contribution in [0.3, 0.4) is 0 Å². The second kappa shape index (κ2) is 5.72. The second-order valence-corrected chi connectivity index (χ2v) is 6.56. The summed E-state index contributed by atoms with van der Waals surface area (Å²) in [4.78, 5) is 0.0982. The van der Waals surface area contributed by atoms with E-state index in [-0.39, 0.29) is 4.90 Å². The van der Waals surface area contributed by atoms with Gasteiger partial charge in [-0.25, -0.2) is 8.42 Å². The highest BCUT2D eigenvalue weighted by molar-refractivity contribution is 9.10. The van der Waals surface area contributed by atoms with Gasteiger partial charge in [0.05, 0.1) is 17.7 Å². The van der Waals surface area contributed by atoms with E-state index >= 15 is 0 Å². The van der Waals surface area contributed by atoms with Crippen molar-refractivity contribution in [1.29, 1.82) is 0 Å². The first-order chi connectivity index (χ1) is 9.42. The van der Waals surface area contributed by atoms with Crippen molar-refractivity contribution in [3.8, 4) is 5.75 Å². The van der Waals surface area contributed by atoms with E-state index in [0.29, 0.717) is 21.6 Å². The van der Waals surface area contributed by atoms with Crippen molar-refractivity contribution in [2.24, 2.45) is 0 Å². The van der Waals surface area contributed by atoms with E-state index in [1.54, 1.807) is 30.3 Å². The fourth-order valence-electron chi connectivity index (χ4n) is 1.59. The smallest absolute Gasteiger partial charge is 0.261 e. The molecule has 0 aliphatic rings. The maximum atomic E-state index is 12.2. The summed E-state index contributed by atoms with van der Waals surface area (Å²) in [6.07, 6.45) is 0. The van der Waals surface area contributed by atoms with Gasteiger partial charge in [-0.05, 0) is 46.3 Å². The van der Waals surface area contributed by atoms with Crippen LogP contribution < -0.4 is 15.2 Å². The number of benzene rings is 2. The minimum atomic E-state index is -3.68.